The second-order valence-corrected chi connectivity index (χ2v) is 7.46. The second-order valence-electron chi connectivity index (χ2n) is 7.03. The Kier molecular flexibility index (Phi) is 4.23. The van der Waals surface area contributed by atoms with Gasteiger partial charge in [0.1, 0.15) is 5.82 Å². The molecule has 0 saturated carbocycles. The zero-order valence-electron chi connectivity index (χ0n) is 15.0. The van der Waals surface area contributed by atoms with Crippen molar-refractivity contribution < 1.29 is 0 Å². The Labute approximate surface area is 163 Å². The summed E-state index contributed by atoms with van der Waals surface area (Å²) in [5, 5.41) is 6.61. The molecule has 1 aliphatic rings. The molecule has 0 atom stereocenters. The van der Waals surface area contributed by atoms with E-state index in [9.17, 15) is 0 Å². The summed E-state index contributed by atoms with van der Waals surface area (Å²) in [7, 11) is 0. The molecule has 0 amide bonds. The number of nitrogens with zero attached hydrogens (tertiary/aromatic N) is 3. The van der Waals surface area contributed by atoms with Crippen LogP contribution in [0, 0.1) is 0 Å². The number of anilines is 1. The van der Waals surface area contributed by atoms with Crippen molar-refractivity contribution in [2.45, 2.75) is 6.54 Å². The lowest BCUT2D eigenvalue weighted by molar-refractivity contribution is 0.587. The highest BCUT2D eigenvalue weighted by molar-refractivity contribution is 6.30. The topological polar surface area (TPSA) is 33.1 Å². The fourth-order valence-electron chi connectivity index (χ4n) is 3.98. The van der Waals surface area contributed by atoms with Gasteiger partial charge in [0.2, 0.25) is 0 Å². The SMILES string of the molecule is Clc1cccc(Cn2ccc3c(N4CCNCC4)nc4ccccc4c32)c1. The Hall–Kier alpha value is -2.56. The number of nitrogens with one attached hydrogen (secondary N) is 1. The number of aromatic nitrogens is 2. The highest BCUT2D eigenvalue weighted by Gasteiger charge is 2.18. The van der Waals surface area contributed by atoms with E-state index in [0.29, 0.717) is 0 Å². The standard InChI is InChI=1S/C22H21ClN4/c23-17-5-3-4-16(14-17)15-27-11-8-19-21(27)18-6-1-2-7-20(18)25-22(19)26-12-9-24-10-13-26/h1-8,11,14,24H,9-10,12-13,15H2. The molecule has 0 bridgehead atoms. The molecule has 2 aromatic heterocycles. The molecule has 136 valence electrons. The molecule has 4 aromatic rings. The highest BCUT2D eigenvalue weighted by atomic mass is 35.5. The van der Waals surface area contributed by atoms with Gasteiger partial charge in [-0.15, -0.1) is 0 Å². The van der Waals surface area contributed by atoms with Crippen molar-refractivity contribution >= 4 is 39.2 Å². The smallest absolute Gasteiger partial charge is 0.138 e. The van der Waals surface area contributed by atoms with E-state index in [1.807, 2.05) is 18.2 Å². The van der Waals surface area contributed by atoms with Gasteiger partial charge in [-0.3, -0.25) is 0 Å². The van der Waals surface area contributed by atoms with Crippen LogP contribution in [-0.2, 0) is 6.54 Å². The Morgan fingerprint density at radius 3 is 2.67 bits per heavy atom. The number of hydrogen-bond acceptors (Lipinski definition) is 3. The summed E-state index contributed by atoms with van der Waals surface area (Å²) in [5.41, 5.74) is 3.49. The molecule has 1 fully saturated rings. The lowest BCUT2D eigenvalue weighted by Crippen LogP contribution is -2.44. The molecule has 5 heteroatoms. The first kappa shape index (κ1) is 16.6. The first-order chi connectivity index (χ1) is 13.3. The van der Waals surface area contributed by atoms with Gasteiger partial charge in [0.05, 0.1) is 11.0 Å². The molecule has 0 aliphatic carbocycles. The molecule has 2 aromatic carbocycles. The van der Waals surface area contributed by atoms with Crippen LogP contribution in [0.25, 0.3) is 21.8 Å². The molecule has 4 nitrogen and oxygen atoms in total. The van der Waals surface area contributed by atoms with E-state index in [1.165, 1.54) is 21.9 Å². The van der Waals surface area contributed by atoms with Crippen molar-refractivity contribution in [2.24, 2.45) is 0 Å². The predicted molar refractivity (Wildman–Crippen MR) is 113 cm³/mol. The molecule has 1 aliphatic heterocycles. The zero-order valence-corrected chi connectivity index (χ0v) is 15.8. The van der Waals surface area contributed by atoms with Gasteiger partial charge >= 0.3 is 0 Å². The average molecular weight is 377 g/mol. The summed E-state index contributed by atoms with van der Waals surface area (Å²) in [5.74, 6) is 1.09. The van der Waals surface area contributed by atoms with Crippen molar-refractivity contribution in [3.63, 3.8) is 0 Å². The maximum atomic E-state index is 6.19. The lowest BCUT2D eigenvalue weighted by atomic mass is 10.1. The van der Waals surface area contributed by atoms with E-state index in [-0.39, 0.29) is 0 Å². The monoisotopic (exact) mass is 376 g/mol. The van der Waals surface area contributed by atoms with Crippen LogP contribution in [0.15, 0.2) is 60.8 Å². The number of pyridine rings is 1. The summed E-state index contributed by atoms with van der Waals surface area (Å²) >= 11 is 6.19. The van der Waals surface area contributed by atoms with Crippen molar-refractivity contribution in [1.29, 1.82) is 0 Å². The summed E-state index contributed by atoms with van der Waals surface area (Å²) in [6, 6.07) is 18.7. The number of fused-ring (bicyclic) bond motifs is 3. The van der Waals surface area contributed by atoms with E-state index in [2.05, 4.69) is 57.4 Å². The second kappa shape index (κ2) is 6.87. The van der Waals surface area contributed by atoms with E-state index in [1.54, 1.807) is 0 Å². The van der Waals surface area contributed by atoms with Crippen molar-refractivity contribution in [1.82, 2.24) is 14.9 Å². The van der Waals surface area contributed by atoms with Crippen LogP contribution in [0.2, 0.25) is 5.02 Å². The fourth-order valence-corrected chi connectivity index (χ4v) is 4.19. The highest BCUT2D eigenvalue weighted by Crippen LogP contribution is 2.33. The Balaban J connectivity index is 1.69. The van der Waals surface area contributed by atoms with E-state index >= 15 is 0 Å². The number of benzene rings is 2. The van der Waals surface area contributed by atoms with Crippen LogP contribution >= 0.6 is 11.6 Å². The van der Waals surface area contributed by atoms with Gasteiger partial charge in [-0.25, -0.2) is 4.98 Å². The molecular formula is C22H21ClN4. The largest absolute Gasteiger partial charge is 0.353 e. The number of piperazine rings is 1. The van der Waals surface area contributed by atoms with Crippen molar-refractivity contribution in [3.8, 4) is 0 Å². The molecule has 1 N–H and O–H groups in total. The maximum Gasteiger partial charge on any atom is 0.138 e. The summed E-state index contributed by atoms with van der Waals surface area (Å²) in [6.45, 7) is 4.76. The minimum atomic E-state index is 0.775. The van der Waals surface area contributed by atoms with Crippen LogP contribution in [0.3, 0.4) is 0 Å². The van der Waals surface area contributed by atoms with Gasteiger partial charge in [0, 0.05) is 54.7 Å². The van der Waals surface area contributed by atoms with Crippen LogP contribution in [0.5, 0.6) is 0 Å². The van der Waals surface area contributed by atoms with Crippen molar-refractivity contribution in [2.75, 3.05) is 31.1 Å². The first-order valence-corrected chi connectivity index (χ1v) is 9.75. The summed E-state index contributed by atoms with van der Waals surface area (Å²) in [4.78, 5) is 7.42. The molecule has 5 rings (SSSR count). The number of halogens is 1. The zero-order chi connectivity index (χ0) is 18.2. The van der Waals surface area contributed by atoms with E-state index in [4.69, 9.17) is 16.6 Å². The van der Waals surface area contributed by atoms with Gasteiger partial charge < -0.3 is 14.8 Å². The minimum Gasteiger partial charge on any atom is -0.353 e. The predicted octanol–water partition coefficient (Wildman–Crippen LogP) is 4.30. The normalized spacial score (nSPS) is 14.9. The van der Waals surface area contributed by atoms with Gasteiger partial charge in [-0.2, -0.15) is 0 Å². The van der Waals surface area contributed by atoms with Gasteiger partial charge in [-0.05, 0) is 29.8 Å². The van der Waals surface area contributed by atoms with Crippen LogP contribution in [0.1, 0.15) is 5.56 Å². The van der Waals surface area contributed by atoms with E-state index in [0.717, 1.165) is 49.1 Å². The molecular weight excluding hydrogens is 356 g/mol. The molecule has 1 saturated heterocycles. The van der Waals surface area contributed by atoms with Gasteiger partial charge in [0.25, 0.3) is 0 Å². The third kappa shape index (κ3) is 3.05. The average Bonchev–Trinajstić information content (AvgIpc) is 3.12. The fraction of sp³-hybridized carbons (Fsp3) is 0.227. The molecule has 0 unspecified atom stereocenters. The number of para-hydroxylation sites is 1. The maximum absolute atomic E-state index is 6.19. The van der Waals surface area contributed by atoms with Crippen LogP contribution in [0.4, 0.5) is 5.82 Å². The van der Waals surface area contributed by atoms with Crippen LogP contribution in [-0.4, -0.2) is 35.7 Å². The Bertz CT molecular complexity index is 1110. The molecule has 3 heterocycles. The van der Waals surface area contributed by atoms with Gasteiger partial charge in [0.15, 0.2) is 0 Å². The third-order valence-electron chi connectivity index (χ3n) is 5.25. The molecule has 27 heavy (non-hydrogen) atoms. The number of hydrogen-bond donors (Lipinski definition) is 1. The first-order valence-electron chi connectivity index (χ1n) is 9.37. The van der Waals surface area contributed by atoms with E-state index < -0.39 is 0 Å². The molecule has 0 radical (unpaired) electrons. The van der Waals surface area contributed by atoms with Crippen molar-refractivity contribution in [3.05, 3.63) is 71.4 Å². The Morgan fingerprint density at radius 1 is 0.963 bits per heavy atom. The summed E-state index contributed by atoms with van der Waals surface area (Å²) in [6.07, 6.45) is 2.17. The third-order valence-corrected chi connectivity index (χ3v) is 5.48. The van der Waals surface area contributed by atoms with Gasteiger partial charge in [-0.1, -0.05) is 41.9 Å². The minimum absolute atomic E-state index is 0.775. The quantitative estimate of drug-likeness (QED) is 0.578. The molecule has 0 spiro atoms. The lowest BCUT2D eigenvalue weighted by Gasteiger charge is -2.29. The summed E-state index contributed by atoms with van der Waals surface area (Å²) < 4.78 is 2.32. The number of rotatable bonds is 3. The Morgan fingerprint density at radius 2 is 1.81 bits per heavy atom. The van der Waals surface area contributed by atoms with Crippen LogP contribution < -0.4 is 10.2 Å².